The second-order valence-corrected chi connectivity index (χ2v) is 15.1. The molecule has 0 bridgehead atoms. The van der Waals surface area contributed by atoms with Gasteiger partial charge in [0.15, 0.2) is 21.4 Å². The molecule has 0 saturated heterocycles. The molecule has 1 aromatic carbocycles. The Kier molecular flexibility index (Phi) is 17.7. The van der Waals surface area contributed by atoms with Crippen LogP contribution in [0.5, 0.6) is 0 Å². The minimum Gasteiger partial charge on any atom is -0.427 e. The van der Waals surface area contributed by atoms with Gasteiger partial charge < -0.3 is 37.3 Å². The number of ketones is 2. The molecule has 2 rings (SSSR count). The maximum Gasteiger partial charge on any atom is 0.454 e. The molecule has 0 aliphatic carbocycles. The summed E-state index contributed by atoms with van der Waals surface area (Å²) >= 11 is 5.93. The number of hydrogen-bond donors (Lipinski definition) is 7. The average molecular weight is 738 g/mol. The number of aliphatic hydroxyl groups excluding tert-OH is 1. The van der Waals surface area contributed by atoms with Crippen LogP contribution in [0.1, 0.15) is 59.3 Å². The lowest BCUT2D eigenvalue weighted by atomic mass is 9.71. The molecule has 2 amide bonds. The van der Waals surface area contributed by atoms with E-state index in [0.717, 1.165) is 5.56 Å². The highest BCUT2D eigenvalue weighted by molar-refractivity contribution is 7.91. The molecular formula is C33H49BClN5O9S. The van der Waals surface area contributed by atoms with Crippen LogP contribution in [0.15, 0.2) is 47.5 Å². The van der Waals surface area contributed by atoms with Crippen LogP contribution in [0.25, 0.3) is 11.3 Å². The van der Waals surface area contributed by atoms with Gasteiger partial charge in [-0.3, -0.25) is 24.2 Å². The normalized spacial score (nSPS) is 15.2. The number of carbonyl (C=O) groups excluding carboxylic acids is 4. The number of pyridine rings is 1. The van der Waals surface area contributed by atoms with Gasteiger partial charge in [0.25, 0.3) is 0 Å². The van der Waals surface area contributed by atoms with Gasteiger partial charge in [0.05, 0.1) is 34.4 Å². The quantitative estimate of drug-likeness (QED) is 0.0661. The van der Waals surface area contributed by atoms with Crippen LogP contribution in [-0.4, -0.2) is 96.1 Å². The lowest BCUT2D eigenvalue weighted by Crippen LogP contribution is -2.51. The fourth-order valence-electron chi connectivity index (χ4n) is 5.16. The summed E-state index contributed by atoms with van der Waals surface area (Å²) in [5.41, 5.74) is 12.5. The first-order valence-corrected chi connectivity index (χ1v) is 18.6. The highest BCUT2D eigenvalue weighted by atomic mass is 35.5. The zero-order chi connectivity index (χ0) is 37.6. The number of aliphatic hydroxyl groups is 1. The van der Waals surface area contributed by atoms with Gasteiger partial charge in [0, 0.05) is 35.5 Å². The van der Waals surface area contributed by atoms with Crippen molar-refractivity contribution in [1.82, 2.24) is 15.6 Å². The van der Waals surface area contributed by atoms with E-state index in [4.69, 9.17) is 23.1 Å². The van der Waals surface area contributed by atoms with E-state index in [-0.39, 0.29) is 30.7 Å². The number of nitrogens with zero attached hydrogens (tertiary/aromatic N) is 1. The van der Waals surface area contributed by atoms with Crippen molar-refractivity contribution >= 4 is 51.9 Å². The van der Waals surface area contributed by atoms with Crippen LogP contribution in [0.2, 0.25) is 10.8 Å². The SMILES string of the molecule is C[C@H](CC(=O)[C@H](CCCCN)NC(=O)[C@H](C)CC(=O)[C@@H](NC(=O)[C@H](CCN)CS(=O)(=O)c1ccc(-c2ccc(Cl)cc2)nc1)[C@@H](C)O)B(O)O. The van der Waals surface area contributed by atoms with Crippen molar-refractivity contribution in [2.45, 2.75) is 88.2 Å². The number of rotatable bonds is 22. The molecular weight excluding hydrogens is 689 g/mol. The smallest absolute Gasteiger partial charge is 0.427 e. The lowest BCUT2D eigenvalue weighted by Gasteiger charge is -2.25. The molecule has 0 aliphatic heterocycles. The first-order chi connectivity index (χ1) is 23.5. The molecule has 0 aliphatic rings. The van der Waals surface area contributed by atoms with Crippen molar-refractivity contribution in [2.75, 3.05) is 18.8 Å². The monoisotopic (exact) mass is 737 g/mol. The fraction of sp³-hybridized carbons (Fsp3) is 0.545. The van der Waals surface area contributed by atoms with E-state index in [1.165, 1.54) is 39.1 Å². The van der Waals surface area contributed by atoms with Crippen molar-refractivity contribution in [1.29, 1.82) is 0 Å². The number of benzene rings is 1. The summed E-state index contributed by atoms with van der Waals surface area (Å²) in [6.45, 7) is 4.56. The van der Waals surface area contributed by atoms with Crippen molar-refractivity contribution in [3.8, 4) is 11.3 Å². The summed E-state index contributed by atoms with van der Waals surface area (Å²) in [6, 6.07) is 7.35. The minimum atomic E-state index is -4.04. The molecule has 1 aromatic heterocycles. The summed E-state index contributed by atoms with van der Waals surface area (Å²) in [5.74, 6) is -6.07. The van der Waals surface area contributed by atoms with Crippen molar-refractivity contribution in [2.24, 2.45) is 23.3 Å². The molecule has 50 heavy (non-hydrogen) atoms. The van der Waals surface area contributed by atoms with Gasteiger partial charge in [-0.15, -0.1) is 0 Å². The van der Waals surface area contributed by atoms with Crippen LogP contribution in [0.4, 0.5) is 0 Å². The predicted octanol–water partition coefficient (Wildman–Crippen LogP) is 1.04. The molecule has 0 spiro atoms. The minimum absolute atomic E-state index is 0.0347. The Bertz CT molecular complexity index is 1530. The Labute approximate surface area is 298 Å². The van der Waals surface area contributed by atoms with Crippen LogP contribution < -0.4 is 22.1 Å². The van der Waals surface area contributed by atoms with E-state index >= 15 is 0 Å². The van der Waals surface area contributed by atoms with E-state index < -0.39 is 88.4 Å². The van der Waals surface area contributed by atoms with Crippen molar-refractivity contribution in [3.05, 3.63) is 47.6 Å². The Hall–Kier alpha value is -3.25. The Morgan fingerprint density at radius 1 is 0.880 bits per heavy atom. The van der Waals surface area contributed by atoms with Gasteiger partial charge in [-0.1, -0.05) is 37.6 Å². The van der Waals surface area contributed by atoms with Crippen LogP contribution >= 0.6 is 11.6 Å². The van der Waals surface area contributed by atoms with Gasteiger partial charge in [0.1, 0.15) is 6.04 Å². The third kappa shape index (κ3) is 13.5. The Morgan fingerprint density at radius 2 is 1.54 bits per heavy atom. The van der Waals surface area contributed by atoms with Crippen molar-refractivity contribution in [3.63, 3.8) is 0 Å². The maximum atomic E-state index is 13.3. The number of unbranched alkanes of at least 4 members (excludes halogenated alkanes) is 1. The number of hydrogen-bond acceptors (Lipinski definition) is 12. The largest absolute Gasteiger partial charge is 0.454 e. The third-order valence-corrected chi connectivity index (χ3v) is 10.4. The van der Waals surface area contributed by atoms with Gasteiger partial charge in [0.2, 0.25) is 11.8 Å². The van der Waals surface area contributed by atoms with Gasteiger partial charge in [-0.2, -0.15) is 0 Å². The molecule has 0 fully saturated rings. The molecule has 0 radical (unpaired) electrons. The van der Waals surface area contributed by atoms with Gasteiger partial charge in [-0.25, -0.2) is 8.42 Å². The second-order valence-electron chi connectivity index (χ2n) is 12.6. The van der Waals surface area contributed by atoms with Gasteiger partial charge in [-0.05, 0) is 75.8 Å². The molecule has 6 atom stereocenters. The number of carbonyl (C=O) groups is 4. The summed E-state index contributed by atoms with van der Waals surface area (Å²) in [6.07, 6.45) is 0.543. The first kappa shape index (κ1) is 42.9. The zero-order valence-corrected chi connectivity index (χ0v) is 30.2. The number of sulfone groups is 1. The number of aromatic nitrogens is 1. The summed E-state index contributed by atoms with van der Waals surface area (Å²) in [5, 5.41) is 34.8. The highest BCUT2D eigenvalue weighted by Crippen LogP contribution is 2.23. The van der Waals surface area contributed by atoms with E-state index in [1.807, 2.05) is 0 Å². The highest BCUT2D eigenvalue weighted by Gasteiger charge is 2.34. The average Bonchev–Trinajstić information content (AvgIpc) is 3.06. The summed E-state index contributed by atoms with van der Waals surface area (Å²) in [4.78, 5) is 56.7. The van der Waals surface area contributed by atoms with E-state index in [1.54, 1.807) is 24.3 Å². The Balaban J connectivity index is 2.12. The molecule has 9 N–H and O–H groups in total. The number of Topliss-reactive ketones (excluding diaryl/α,β-unsaturated/α-hetero) is 2. The van der Waals surface area contributed by atoms with E-state index in [9.17, 15) is 42.8 Å². The maximum absolute atomic E-state index is 13.3. The van der Waals surface area contributed by atoms with Crippen molar-refractivity contribution < 1.29 is 42.8 Å². The molecule has 14 nitrogen and oxygen atoms in total. The van der Waals surface area contributed by atoms with Crippen LogP contribution in [0, 0.1) is 11.8 Å². The topological polar surface area (TPSA) is 252 Å². The van der Waals surface area contributed by atoms with E-state index in [2.05, 4.69) is 15.6 Å². The number of amides is 2. The fourth-order valence-corrected chi connectivity index (χ4v) is 6.81. The predicted molar refractivity (Wildman–Crippen MR) is 190 cm³/mol. The standard InChI is InChI=1S/C33H49BClN5O9S/c1-20(32(44)39-28(6-4-5-14-36)29(42)17-21(2)34(46)47)16-30(43)31(22(3)41)40-33(45)24(13-15-37)19-50(48,49)26-11-12-27(38-18-26)23-7-9-25(35)10-8-23/h7-12,18,20-22,24,28,31,41,46-47H,4-6,13-17,19,36-37H2,1-3H3,(H,39,44)(H,40,45)/t20-,21-,22-,24-,28+,31+/m1/s1. The number of halogens is 1. The molecule has 17 heteroatoms. The lowest BCUT2D eigenvalue weighted by molar-refractivity contribution is -0.135. The molecule has 0 saturated carbocycles. The van der Waals surface area contributed by atoms with E-state index in [0.29, 0.717) is 30.1 Å². The number of nitrogens with one attached hydrogen (secondary N) is 2. The zero-order valence-electron chi connectivity index (χ0n) is 28.6. The summed E-state index contributed by atoms with van der Waals surface area (Å²) < 4.78 is 26.6. The van der Waals surface area contributed by atoms with Crippen LogP contribution in [0.3, 0.4) is 0 Å². The molecule has 2 aromatic rings. The third-order valence-electron chi connectivity index (χ3n) is 8.31. The Morgan fingerprint density at radius 3 is 2.08 bits per heavy atom. The van der Waals surface area contributed by atoms with Crippen LogP contribution in [-0.2, 0) is 29.0 Å². The van der Waals surface area contributed by atoms with Gasteiger partial charge >= 0.3 is 7.12 Å². The first-order valence-electron chi connectivity index (χ1n) is 16.6. The molecule has 276 valence electrons. The molecule has 0 unspecified atom stereocenters. The second kappa shape index (κ2) is 20.6. The number of nitrogens with two attached hydrogens (primary N) is 2. The summed E-state index contributed by atoms with van der Waals surface area (Å²) in [7, 11) is -5.75. The molecule has 1 heterocycles.